The predicted molar refractivity (Wildman–Crippen MR) is 48.2 cm³/mol. The number of rotatable bonds is 1. The molecule has 1 saturated heterocycles. The molecule has 5 heteroatoms. The van der Waals surface area contributed by atoms with Crippen LogP contribution in [0.5, 0.6) is 0 Å². The Bertz CT molecular complexity index is 290. The van der Waals surface area contributed by atoms with Gasteiger partial charge in [-0.3, -0.25) is 4.79 Å². The summed E-state index contributed by atoms with van der Waals surface area (Å²) in [6.45, 7) is 0. The Balaban J connectivity index is 2.16. The summed E-state index contributed by atoms with van der Waals surface area (Å²) in [4.78, 5) is 13.6. The smallest absolute Gasteiger partial charge is 0.258 e. The topological polar surface area (TPSA) is 44.4 Å². The number of hydrogen-bond acceptors (Lipinski definition) is 4. The van der Waals surface area contributed by atoms with Crippen molar-refractivity contribution in [2.45, 2.75) is 0 Å². The van der Waals surface area contributed by atoms with E-state index in [0.29, 0.717) is 0 Å². The lowest BCUT2D eigenvalue weighted by Gasteiger charge is -2.14. The van der Waals surface area contributed by atoms with Crippen LogP contribution in [-0.2, 0) is 0 Å². The third-order valence-electron chi connectivity index (χ3n) is 1.45. The number of nitrogens with one attached hydrogen (secondary N) is 2. The summed E-state index contributed by atoms with van der Waals surface area (Å²) in [6, 6.07) is 9.55. The van der Waals surface area contributed by atoms with Crippen LogP contribution in [0.25, 0.3) is 0 Å². The zero-order valence-corrected chi connectivity index (χ0v) is 6.97. The first-order valence-electron chi connectivity index (χ1n) is 3.44. The van der Waals surface area contributed by atoms with Gasteiger partial charge in [0.2, 0.25) is 0 Å². The lowest BCUT2D eigenvalue weighted by Crippen LogP contribution is -2.38. The molecule has 0 bridgehead atoms. The van der Waals surface area contributed by atoms with Crippen LogP contribution in [0, 0.1) is 0 Å². The third kappa shape index (κ3) is 1.37. The van der Waals surface area contributed by atoms with Gasteiger partial charge in [-0.2, -0.15) is 0 Å². The van der Waals surface area contributed by atoms with Crippen molar-refractivity contribution in [3.63, 3.8) is 0 Å². The first-order valence-corrected chi connectivity index (χ1v) is 4.26. The van der Waals surface area contributed by atoms with E-state index in [4.69, 9.17) is 0 Å². The van der Waals surface area contributed by atoms with Crippen LogP contribution in [-0.4, -0.2) is 5.24 Å². The molecule has 1 aromatic rings. The van der Waals surface area contributed by atoms with E-state index in [1.165, 1.54) is 0 Å². The number of carbonyl (C=O) groups is 1. The maximum atomic E-state index is 10.8. The second-order valence-corrected chi connectivity index (χ2v) is 3.02. The summed E-state index contributed by atoms with van der Waals surface area (Å²) >= 11 is 1.03. The lowest BCUT2D eigenvalue weighted by molar-refractivity contribution is 0.261. The SMILES string of the molecule is O=C1NN(c2ccccc2)NS1. The van der Waals surface area contributed by atoms with E-state index in [1.807, 2.05) is 30.3 Å². The van der Waals surface area contributed by atoms with Crippen LogP contribution in [0.15, 0.2) is 30.3 Å². The van der Waals surface area contributed by atoms with Gasteiger partial charge in [-0.1, -0.05) is 18.2 Å². The van der Waals surface area contributed by atoms with E-state index in [1.54, 1.807) is 5.12 Å². The van der Waals surface area contributed by atoms with Crippen molar-refractivity contribution in [1.29, 1.82) is 0 Å². The molecule has 1 aliphatic heterocycles. The van der Waals surface area contributed by atoms with Crippen molar-refractivity contribution in [2.24, 2.45) is 0 Å². The molecule has 1 amide bonds. The number of benzene rings is 1. The molecule has 0 unspecified atom stereocenters. The van der Waals surface area contributed by atoms with Crippen LogP contribution >= 0.6 is 11.9 Å². The van der Waals surface area contributed by atoms with Gasteiger partial charge < -0.3 is 0 Å². The number of carbonyl (C=O) groups excluding carboxylic acids is 1. The van der Waals surface area contributed by atoms with Gasteiger partial charge in [0.05, 0.1) is 5.69 Å². The van der Waals surface area contributed by atoms with Gasteiger partial charge in [-0.15, -0.1) is 4.83 Å². The molecule has 1 heterocycles. The van der Waals surface area contributed by atoms with Crippen molar-refractivity contribution in [3.05, 3.63) is 30.3 Å². The lowest BCUT2D eigenvalue weighted by atomic mass is 10.3. The van der Waals surface area contributed by atoms with Gasteiger partial charge in [-0.25, -0.2) is 10.5 Å². The molecule has 12 heavy (non-hydrogen) atoms. The molecule has 2 N–H and O–H groups in total. The largest absolute Gasteiger partial charge is 0.315 e. The number of hydrogen-bond donors (Lipinski definition) is 2. The van der Waals surface area contributed by atoms with Crippen molar-refractivity contribution in [1.82, 2.24) is 10.3 Å². The van der Waals surface area contributed by atoms with E-state index in [-0.39, 0.29) is 5.24 Å². The zero-order chi connectivity index (χ0) is 8.39. The number of anilines is 1. The standard InChI is InChI=1S/C7H7N3OS/c11-7-8-10(9-12-7)6-4-2-1-3-5-6/h1-5,9H,(H,8,11). The summed E-state index contributed by atoms with van der Waals surface area (Å²) in [5, 5.41) is 1.48. The van der Waals surface area contributed by atoms with E-state index >= 15 is 0 Å². The molecule has 2 rings (SSSR count). The molecule has 0 saturated carbocycles. The number of amides is 1. The highest BCUT2D eigenvalue weighted by Gasteiger charge is 2.18. The first kappa shape index (κ1) is 7.45. The number of hydrazine groups is 2. The molecule has 4 nitrogen and oxygen atoms in total. The fourth-order valence-corrected chi connectivity index (χ4v) is 1.38. The second-order valence-electron chi connectivity index (χ2n) is 2.26. The summed E-state index contributed by atoms with van der Waals surface area (Å²) < 4.78 is 0. The van der Waals surface area contributed by atoms with Crippen LogP contribution in [0.4, 0.5) is 10.5 Å². The third-order valence-corrected chi connectivity index (χ3v) is 2.00. The van der Waals surface area contributed by atoms with Gasteiger partial charge in [0, 0.05) is 11.9 Å². The molecule has 0 radical (unpaired) electrons. The van der Waals surface area contributed by atoms with E-state index in [2.05, 4.69) is 10.3 Å². The highest BCUT2D eigenvalue weighted by molar-refractivity contribution is 8.12. The van der Waals surface area contributed by atoms with Gasteiger partial charge in [0.25, 0.3) is 0 Å². The highest BCUT2D eigenvalue weighted by Crippen LogP contribution is 2.15. The molecule has 0 atom stereocenters. The minimum Gasteiger partial charge on any atom is -0.258 e. The fraction of sp³-hybridized carbons (Fsp3) is 0. The van der Waals surface area contributed by atoms with Crippen molar-refractivity contribution >= 4 is 22.9 Å². The summed E-state index contributed by atoms with van der Waals surface area (Å²) in [6.07, 6.45) is 0. The molecule has 1 aliphatic rings. The average Bonchev–Trinajstić information content (AvgIpc) is 2.54. The Morgan fingerprint density at radius 3 is 2.58 bits per heavy atom. The minimum atomic E-state index is -0.0983. The predicted octanol–water partition coefficient (Wildman–Crippen LogP) is 1.28. The van der Waals surface area contributed by atoms with Crippen LogP contribution in [0.1, 0.15) is 0 Å². The van der Waals surface area contributed by atoms with E-state index in [9.17, 15) is 4.79 Å². The van der Waals surface area contributed by atoms with E-state index < -0.39 is 0 Å². The summed E-state index contributed by atoms with van der Waals surface area (Å²) in [5.41, 5.74) is 3.53. The summed E-state index contributed by atoms with van der Waals surface area (Å²) in [7, 11) is 0. The Kier molecular flexibility index (Phi) is 1.89. The van der Waals surface area contributed by atoms with Gasteiger partial charge in [0.15, 0.2) is 0 Å². The number of nitrogens with zero attached hydrogens (tertiary/aromatic N) is 1. The van der Waals surface area contributed by atoms with E-state index in [0.717, 1.165) is 17.6 Å². The molecule has 0 spiro atoms. The zero-order valence-electron chi connectivity index (χ0n) is 6.15. The van der Waals surface area contributed by atoms with Crippen molar-refractivity contribution < 1.29 is 4.79 Å². The first-order chi connectivity index (χ1) is 5.86. The highest BCUT2D eigenvalue weighted by atomic mass is 32.2. The Hall–Kier alpha value is -1.20. The Labute approximate surface area is 74.0 Å². The Morgan fingerprint density at radius 2 is 2.00 bits per heavy atom. The van der Waals surface area contributed by atoms with Gasteiger partial charge in [0.1, 0.15) is 0 Å². The van der Waals surface area contributed by atoms with Crippen molar-refractivity contribution in [2.75, 3.05) is 5.12 Å². The molecular formula is C7H7N3OS. The van der Waals surface area contributed by atoms with Crippen LogP contribution in [0.3, 0.4) is 0 Å². The van der Waals surface area contributed by atoms with Crippen LogP contribution < -0.4 is 15.4 Å². The number of para-hydroxylation sites is 1. The van der Waals surface area contributed by atoms with Crippen molar-refractivity contribution in [3.8, 4) is 0 Å². The minimum absolute atomic E-state index is 0.0983. The molecule has 62 valence electrons. The normalized spacial score (nSPS) is 16.3. The molecule has 1 aromatic carbocycles. The van der Waals surface area contributed by atoms with Gasteiger partial charge >= 0.3 is 5.24 Å². The molecule has 0 aliphatic carbocycles. The van der Waals surface area contributed by atoms with Gasteiger partial charge in [-0.05, 0) is 12.1 Å². The monoisotopic (exact) mass is 181 g/mol. The quantitative estimate of drug-likeness (QED) is 0.641. The molecule has 1 fully saturated rings. The molecular weight excluding hydrogens is 174 g/mol. The summed E-state index contributed by atoms with van der Waals surface area (Å²) in [5.74, 6) is 0. The average molecular weight is 181 g/mol. The molecule has 0 aromatic heterocycles. The maximum absolute atomic E-state index is 10.8. The van der Waals surface area contributed by atoms with Crippen LogP contribution in [0.2, 0.25) is 0 Å². The maximum Gasteiger partial charge on any atom is 0.315 e. The Morgan fingerprint density at radius 1 is 1.25 bits per heavy atom. The fourth-order valence-electron chi connectivity index (χ4n) is 0.918. The second kappa shape index (κ2) is 3.04.